The average molecular weight is 214 g/mol. The van der Waals surface area contributed by atoms with E-state index in [1.165, 1.54) is 0 Å². The number of hydrogen-bond acceptors (Lipinski definition) is 3. The van der Waals surface area contributed by atoms with Crippen molar-refractivity contribution in [2.45, 2.75) is 45.8 Å². The molecule has 15 heavy (non-hydrogen) atoms. The molecule has 1 aliphatic heterocycles. The van der Waals surface area contributed by atoms with Gasteiger partial charge in [0.25, 0.3) is 0 Å². The zero-order valence-electron chi connectivity index (χ0n) is 10.6. The summed E-state index contributed by atoms with van der Waals surface area (Å²) in [5, 5.41) is 0. The zero-order valence-corrected chi connectivity index (χ0v) is 10.6. The number of rotatable bonds is 3. The minimum Gasteiger partial charge on any atom is -0.381 e. The molecule has 90 valence electrons. The van der Waals surface area contributed by atoms with Crippen LogP contribution in [0.4, 0.5) is 0 Å². The number of ether oxygens (including phenoxy) is 1. The molecule has 0 bridgehead atoms. The van der Waals surface area contributed by atoms with Crippen LogP contribution in [0.3, 0.4) is 0 Å². The van der Waals surface area contributed by atoms with Crippen LogP contribution in [-0.2, 0) is 4.74 Å². The predicted molar refractivity (Wildman–Crippen MR) is 63.9 cm³/mol. The molecule has 3 heteroatoms. The summed E-state index contributed by atoms with van der Waals surface area (Å²) in [6.07, 6.45) is 2.74. The molecule has 1 saturated heterocycles. The molecule has 1 fully saturated rings. The summed E-state index contributed by atoms with van der Waals surface area (Å²) < 4.78 is 5.38. The van der Waals surface area contributed by atoms with Gasteiger partial charge in [-0.05, 0) is 18.3 Å². The molecule has 0 aromatic carbocycles. The second kappa shape index (κ2) is 5.28. The van der Waals surface area contributed by atoms with E-state index < -0.39 is 0 Å². The molecule has 1 aliphatic rings. The molecular weight excluding hydrogens is 188 g/mol. The summed E-state index contributed by atoms with van der Waals surface area (Å²) >= 11 is 0. The first-order chi connectivity index (χ1) is 6.99. The van der Waals surface area contributed by atoms with Crippen LogP contribution in [0.5, 0.6) is 0 Å². The highest BCUT2D eigenvalue weighted by atomic mass is 16.5. The largest absolute Gasteiger partial charge is 0.381 e. The highest BCUT2D eigenvalue weighted by Crippen LogP contribution is 2.26. The maximum absolute atomic E-state index is 5.88. The van der Waals surface area contributed by atoms with E-state index >= 15 is 0 Å². The molecule has 0 aliphatic carbocycles. The van der Waals surface area contributed by atoms with Gasteiger partial charge in [-0.3, -0.25) is 4.90 Å². The van der Waals surface area contributed by atoms with E-state index in [-0.39, 0.29) is 5.41 Å². The van der Waals surface area contributed by atoms with E-state index in [1.807, 2.05) is 7.11 Å². The molecule has 1 atom stereocenters. The van der Waals surface area contributed by atoms with Crippen LogP contribution < -0.4 is 5.73 Å². The van der Waals surface area contributed by atoms with E-state index in [2.05, 4.69) is 25.7 Å². The van der Waals surface area contributed by atoms with E-state index in [9.17, 15) is 0 Å². The van der Waals surface area contributed by atoms with Gasteiger partial charge in [0.1, 0.15) is 0 Å². The first kappa shape index (κ1) is 12.9. The molecular formula is C12H26N2O. The van der Waals surface area contributed by atoms with Gasteiger partial charge in [-0.15, -0.1) is 0 Å². The molecule has 0 spiro atoms. The smallest absolute Gasteiger partial charge is 0.0595 e. The highest BCUT2D eigenvalue weighted by Gasteiger charge is 2.31. The van der Waals surface area contributed by atoms with Gasteiger partial charge in [0.05, 0.1) is 6.10 Å². The fourth-order valence-corrected chi connectivity index (χ4v) is 2.47. The van der Waals surface area contributed by atoms with Crippen LogP contribution in [0.15, 0.2) is 0 Å². The third-order valence-corrected chi connectivity index (χ3v) is 3.47. The van der Waals surface area contributed by atoms with Gasteiger partial charge < -0.3 is 10.5 Å². The Bertz CT molecular complexity index is 181. The van der Waals surface area contributed by atoms with E-state index in [0.29, 0.717) is 12.1 Å². The van der Waals surface area contributed by atoms with Gasteiger partial charge in [0, 0.05) is 32.8 Å². The number of nitrogens with two attached hydrogens (primary N) is 1. The van der Waals surface area contributed by atoms with Gasteiger partial charge in [-0.25, -0.2) is 0 Å². The zero-order chi connectivity index (χ0) is 11.5. The maximum atomic E-state index is 5.88. The van der Waals surface area contributed by atoms with Gasteiger partial charge >= 0.3 is 0 Å². The van der Waals surface area contributed by atoms with Gasteiger partial charge in [0.2, 0.25) is 0 Å². The van der Waals surface area contributed by atoms with Crippen molar-refractivity contribution in [3.05, 3.63) is 0 Å². The standard InChI is InChI=1S/C12H26N2O/c1-12(2,3)11(9-13)14-7-5-10(15-4)6-8-14/h10-11H,5-9,13H2,1-4H3. The first-order valence-corrected chi connectivity index (χ1v) is 5.96. The van der Waals surface area contributed by atoms with Crippen LogP contribution in [0.25, 0.3) is 0 Å². The molecule has 1 unspecified atom stereocenters. The first-order valence-electron chi connectivity index (χ1n) is 5.96. The van der Waals surface area contributed by atoms with Crippen molar-refractivity contribution in [1.82, 2.24) is 4.90 Å². The second-order valence-electron chi connectivity index (χ2n) is 5.59. The van der Waals surface area contributed by atoms with Crippen molar-refractivity contribution in [3.63, 3.8) is 0 Å². The van der Waals surface area contributed by atoms with Crippen molar-refractivity contribution >= 4 is 0 Å². The minimum absolute atomic E-state index is 0.272. The van der Waals surface area contributed by atoms with Gasteiger partial charge in [-0.2, -0.15) is 0 Å². The van der Waals surface area contributed by atoms with Crippen molar-refractivity contribution < 1.29 is 4.74 Å². The van der Waals surface area contributed by atoms with Crippen molar-refractivity contribution in [2.75, 3.05) is 26.7 Å². The topological polar surface area (TPSA) is 38.5 Å². The fourth-order valence-electron chi connectivity index (χ4n) is 2.47. The van der Waals surface area contributed by atoms with E-state index in [4.69, 9.17) is 10.5 Å². The lowest BCUT2D eigenvalue weighted by atomic mass is 9.84. The third kappa shape index (κ3) is 3.44. The third-order valence-electron chi connectivity index (χ3n) is 3.47. The number of likely N-dealkylation sites (tertiary alicyclic amines) is 1. The Balaban J connectivity index is 2.50. The fraction of sp³-hybridized carbons (Fsp3) is 1.00. The summed E-state index contributed by atoms with van der Waals surface area (Å²) in [5.41, 5.74) is 6.16. The predicted octanol–water partition coefficient (Wildman–Crippen LogP) is 1.47. The lowest BCUT2D eigenvalue weighted by molar-refractivity contribution is 0.00761. The molecule has 0 amide bonds. The summed E-state index contributed by atoms with van der Waals surface area (Å²) in [6, 6.07) is 0.496. The Morgan fingerprint density at radius 3 is 2.20 bits per heavy atom. The van der Waals surface area contributed by atoms with E-state index in [0.717, 1.165) is 32.5 Å². The molecule has 0 aromatic heterocycles. The molecule has 1 heterocycles. The van der Waals surface area contributed by atoms with Crippen LogP contribution >= 0.6 is 0 Å². The lowest BCUT2D eigenvalue weighted by Gasteiger charge is -2.42. The molecule has 0 aromatic rings. The SMILES string of the molecule is COC1CCN(C(CN)C(C)(C)C)CC1. The van der Waals surface area contributed by atoms with E-state index in [1.54, 1.807) is 0 Å². The Morgan fingerprint density at radius 1 is 1.33 bits per heavy atom. The second-order valence-corrected chi connectivity index (χ2v) is 5.59. The Labute approximate surface area is 94.0 Å². The summed E-state index contributed by atoms with van der Waals surface area (Å²) in [4.78, 5) is 2.52. The quantitative estimate of drug-likeness (QED) is 0.773. The van der Waals surface area contributed by atoms with Crippen molar-refractivity contribution in [3.8, 4) is 0 Å². The minimum atomic E-state index is 0.272. The van der Waals surface area contributed by atoms with Crippen LogP contribution in [-0.4, -0.2) is 43.8 Å². The van der Waals surface area contributed by atoms with Crippen molar-refractivity contribution in [1.29, 1.82) is 0 Å². The monoisotopic (exact) mass is 214 g/mol. The van der Waals surface area contributed by atoms with Crippen LogP contribution in [0.1, 0.15) is 33.6 Å². The van der Waals surface area contributed by atoms with Crippen LogP contribution in [0, 0.1) is 5.41 Å². The summed E-state index contributed by atoms with van der Waals surface area (Å²) in [6.45, 7) is 9.81. The Hall–Kier alpha value is -0.120. The maximum Gasteiger partial charge on any atom is 0.0595 e. The number of hydrogen-bond donors (Lipinski definition) is 1. The normalized spacial score (nSPS) is 23.0. The average Bonchev–Trinajstić information content (AvgIpc) is 2.18. The molecule has 0 radical (unpaired) electrons. The highest BCUT2D eigenvalue weighted by molar-refractivity contribution is 4.86. The molecule has 0 saturated carbocycles. The number of methoxy groups -OCH3 is 1. The molecule has 1 rings (SSSR count). The van der Waals surface area contributed by atoms with Gasteiger partial charge in [0.15, 0.2) is 0 Å². The van der Waals surface area contributed by atoms with Crippen LogP contribution in [0.2, 0.25) is 0 Å². The Morgan fingerprint density at radius 2 is 1.87 bits per heavy atom. The Kier molecular flexibility index (Phi) is 4.56. The molecule has 3 nitrogen and oxygen atoms in total. The molecule has 2 N–H and O–H groups in total. The summed E-state index contributed by atoms with van der Waals surface area (Å²) in [5.74, 6) is 0. The van der Waals surface area contributed by atoms with Gasteiger partial charge in [-0.1, -0.05) is 20.8 Å². The lowest BCUT2D eigenvalue weighted by Crippen LogP contribution is -2.52. The number of piperidine rings is 1. The summed E-state index contributed by atoms with van der Waals surface area (Å²) in [7, 11) is 1.81. The number of nitrogens with zero attached hydrogens (tertiary/aromatic N) is 1. The van der Waals surface area contributed by atoms with Crippen molar-refractivity contribution in [2.24, 2.45) is 11.1 Å².